The molecule has 0 bridgehead atoms. The van der Waals surface area contributed by atoms with Crippen molar-refractivity contribution in [3.05, 3.63) is 108 Å². The highest BCUT2D eigenvalue weighted by Gasteiger charge is 2.23. The van der Waals surface area contributed by atoms with Gasteiger partial charge in [0.1, 0.15) is 0 Å². The normalized spacial score (nSPS) is 13.4. The third kappa shape index (κ3) is 2.39. The van der Waals surface area contributed by atoms with Crippen LogP contribution in [0.3, 0.4) is 0 Å². The summed E-state index contributed by atoms with van der Waals surface area (Å²) in [5.74, 6) is 0. The molecular formula is C24H18N2. The first-order chi connectivity index (χ1) is 12.9. The van der Waals surface area contributed by atoms with Gasteiger partial charge >= 0.3 is 0 Å². The summed E-state index contributed by atoms with van der Waals surface area (Å²) in [4.78, 5) is 7.09. The van der Waals surface area contributed by atoms with E-state index in [1.54, 1.807) is 0 Å². The number of fused-ring (bicyclic) bond motifs is 3. The van der Waals surface area contributed by atoms with E-state index in [0.717, 1.165) is 12.1 Å². The number of pyridine rings is 1. The summed E-state index contributed by atoms with van der Waals surface area (Å²) in [6.07, 6.45) is 4.20. The Morgan fingerprint density at radius 1 is 0.731 bits per heavy atom. The van der Waals surface area contributed by atoms with E-state index in [-0.39, 0.29) is 0 Å². The molecule has 0 saturated heterocycles. The zero-order valence-corrected chi connectivity index (χ0v) is 14.3. The molecule has 0 saturated carbocycles. The highest BCUT2D eigenvalue weighted by Crippen LogP contribution is 2.42. The summed E-state index contributed by atoms with van der Waals surface area (Å²) in [5.41, 5.74) is 7.19. The van der Waals surface area contributed by atoms with Gasteiger partial charge in [0.25, 0.3) is 0 Å². The fourth-order valence-electron chi connectivity index (χ4n) is 3.74. The third-order valence-corrected chi connectivity index (χ3v) is 4.94. The van der Waals surface area contributed by atoms with Crippen molar-refractivity contribution in [2.45, 2.75) is 0 Å². The van der Waals surface area contributed by atoms with E-state index in [1.807, 2.05) is 12.3 Å². The quantitative estimate of drug-likeness (QED) is 0.459. The number of hydrogen-bond acceptors (Lipinski definition) is 2. The van der Waals surface area contributed by atoms with Crippen molar-refractivity contribution in [1.82, 2.24) is 4.98 Å². The average molecular weight is 334 g/mol. The van der Waals surface area contributed by atoms with E-state index in [4.69, 9.17) is 4.98 Å². The van der Waals surface area contributed by atoms with Gasteiger partial charge in [-0.1, -0.05) is 72.8 Å². The summed E-state index contributed by atoms with van der Waals surface area (Å²) >= 11 is 0. The van der Waals surface area contributed by atoms with Crippen LogP contribution in [-0.4, -0.2) is 11.5 Å². The predicted octanol–water partition coefficient (Wildman–Crippen LogP) is 5.82. The van der Waals surface area contributed by atoms with E-state index >= 15 is 0 Å². The lowest BCUT2D eigenvalue weighted by atomic mass is 9.91. The first kappa shape index (κ1) is 14.9. The van der Waals surface area contributed by atoms with E-state index in [9.17, 15) is 0 Å². The van der Waals surface area contributed by atoms with Crippen molar-refractivity contribution in [3.8, 4) is 0 Å². The van der Waals surface area contributed by atoms with Crippen LogP contribution in [-0.2, 0) is 0 Å². The molecule has 1 aliphatic heterocycles. The molecule has 3 aromatic carbocycles. The van der Waals surface area contributed by atoms with Crippen LogP contribution < -0.4 is 4.90 Å². The minimum Gasteiger partial charge on any atom is -0.335 e. The van der Waals surface area contributed by atoms with Gasteiger partial charge in [0.05, 0.1) is 11.2 Å². The Hall–Kier alpha value is -3.39. The number of aromatic nitrogens is 1. The van der Waals surface area contributed by atoms with Gasteiger partial charge in [0.15, 0.2) is 0 Å². The second-order valence-electron chi connectivity index (χ2n) is 6.47. The maximum atomic E-state index is 4.73. The lowest BCUT2D eigenvalue weighted by Crippen LogP contribution is -2.22. The summed E-state index contributed by atoms with van der Waals surface area (Å²) in [6, 6.07) is 29.7. The summed E-state index contributed by atoms with van der Waals surface area (Å²) in [7, 11) is 0. The maximum Gasteiger partial charge on any atom is 0.0945 e. The molecule has 2 heterocycles. The van der Waals surface area contributed by atoms with Gasteiger partial charge in [-0.2, -0.15) is 0 Å². The van der Waals surface area contributed by atoms with Crippen LogP contribution >= 0.6 is 0 Å². The van der Waals surface area contributed by atoms with Gasteiger partial charge in [-0.3, -0.25) is 4.98 Å². The summed E-state index contributed by atoms with van der Waals surface area (Å²) in [5, 5.41) is 1.17. The lowest BCUT2D eigenvalue weighted by molar-refractivity contribution is 1.08. The van der Waals surface area contributed by atoms with Crippen molar-refractivity contribution in [2.75, 3.05) is 11.4 Å². The highest BCUT2D eigenvalue weighted by atomic mass is 15.1. The Morgan fingerprint density at radius 2 is 1.50 bits per heavy atom. The SMILES string of the molecule is C1=C(c2ccccc2)c2ccc3cccnc3c2N(c2ccccc2)C1. The van der Waals surface area contributed by atoms with Crippen LogP contribution in [0.4, 0.5) is 11.4 Å². The van der Waals surface area contributed by atoms with Crippen LogP contribution in [0.1, 0.15) is 11.1 Å². The molecule has 4 aromatic rings. The Balaban J connectivity index is 1.78. The van der Waals surface area contributed by atoms with Crippen molar-refractivity contribution < 1.29 is 0 Å². The number of para-hydroxylation sites is 1. The maximum absolute atomic E-state index is 4.73. The molecular weight excluding hydrogens is 316 g/mol. The van der Waals surface area contributed by atoms with Crippen LogP contribution in [0, 0.1) is 0 Å². The van der Waals surface area contributed by atoms with Crippen molar-refractivity contribution in [2.24, 2.45) is 0 Å². The first-order valence-corrected chi connectivity index (χ1v) is 8.88. The van der Waals surface area contributed by atoms with Gasteiger partial charge in [-0.15, -0.1) is 0 Å². The molecule has 0 amide bonds. The molecule has 0 radical (unpaired) electrons. The second-order valence-corrected chi connectivity index (χ2v) is 6.47. The van der Waals surface area contributed by atoms with Crippen LogP contribution in [0.25, 0.3) is 16.5 Å². The molecule has 0 N–H and O–H groups in total. The molecule has 0 spiro atoms. The minimum atomic E-state index is 0.830. The number of rotatable bonds is 2. The van der Waals surface area contributed by atoms with Crippen LogP contribution in [0.2, 0.25) is 0 Å². The second kappa shape index (κ2) is 6.16. The van der Waals surface area contributed by atoms with Gasteiger partial charge in [-0.05, 0) is 29.3 Å². The van der Waals surface area contributed by atoms with Crippen molar-refractivity contribution >= 4 is 27.9 Å². The number of hydrogen-bond donors (Lipinski definition) is 0. The van der Waals surface area contributed by atoms with E-state index in [2.05, 4.69) is 89.8 Å². The largest absolute Gasteiger partial charge is 0.335 e. The van der Waals surface area contributed by atoms with E-state index < -0.39 is 0 Å². The number of anilines is 2. The van der Waals surface area contributed by atoms with Crippen molar-refractivity contribution in [3.63, 3.8) is 0 Å². The van der Waals surface area contributed by atoms with Crippen LogP contribution in [0.5, 0.6) is 0 Å². The van der Waals surface area contributed by atoms with Crippen molar-refractivity contribution in [1.29, 1.82) is 0 Å². The fourth-order valence-corrected chi connectivity index (χ4v) is 3.74. The fraction of sp³-hybridized carbons (Fsp3) is 0.0417. The summed E-state index contributed by atoms with van der Waals surface area (Å²) < 4.78 is 0. The Bertz CT molecular complexity index is 1100. The third-order valence-electron chi connectivity index (χ3n) is 4.94. The molecule has 5 rings (SSSR count). The molecule has 26 heavy (non-hydrogen) atoms. The zero-order valence-electron chi connectivity index (χ0n) is 14.3. The molecule has 124 valence electrons. The lowest BCUT2D eigenvalue weighted by Gasteiger charge is -2.32. The van der Waals surface area contributed by atoms with E-state index in [0.29, 0.717) is 0 Å². The average Bonchev–Trinajstić information content (AvgIpc) is 2.74. The Labute approximate surface area is 153 Å². The highest BCUT2D eigenvalue weighted by molar-refractivity contribution is 6.03. The Kier molecular flexibility index (Phi) is 3.53. The van der Waals surface area contributed by atoms with E-state index in [1.165, 1.54) is 33.5 Å². The number of nitrogens with zero attached hydrogens (tertiary/aromatic N) is 2. The number of benzene rings is 3. The van der Waals surface area contributed by atoms with Gasteiger partial charge in [0.2, 0.25) is 0 Å². The predicted molar refractivity (Wildman–Crippen MR) is 109 cm³/mol. The monoisotopic (exact) mass is 334 g/mol. The molecule has 0 unspecified atom stereocenters. The molecule has 0 fully saturated rings. The molecule has 0 atom stereocenters. The van der Waals surface area contributed by atoms with Gasteiger partial charge in [0, 0.05) is 29.4 Å². The van der Waals surface area contributed by atoms with Crippen LogP contribution in [0.15, 0.2) is 97.2 Å². The molecule has 0 aliphatic carbocycles. The molecule has 1 aliphatic rings. The molecule has 2 heteroatoms. The van der Waals surface area contributed by atoms with Gasteiger partial charge < -0.3 is 4.90 Å². The van der Waals surface area contributed by atoms with Gasteiger partial charge in [-0.25, -0.2) is 0 Å². The summed E-state index contributed by atoms with van der Waals surface area (Å²) in [6.45, 7) is 0.830. The zero-order chi connectivity index (χ0) is 17.3. The minimum absolute atomic E-state index is 0.830. The topological polar surface area (TPSA) is 16.1 Å². The molecule has 2 nitrogen and oxygen atoms in total. The molecule has 1 aromatic heterocycles. The smallest absolute Gasteiger partial charge is 0.0945 e. The standard InChI is InChI=1S/C24H18N2/c1-3-8-18(9-4-1)21-15-17-26(20-11-5-2-6-12-20)24-22(21)14-13-19-10-7-16-25-23(19)24/h1-16H,17H2. The first-order valence-electron chi connectivity index (χ1n) is 8.88. The Morgan fingerprint density at radius 3 is 2.31 bits per heavy atom.